The van der Waals surface area contributed by atoms with Gasteiger partial charge >= 0.3 is 6.18 Å². The molecular weight excluding hydrogens is 281 g/mol. The Kier molecular flexibility index (Phi) is 4.54. The number of anilines is 1. The molecule has 0 aliphatic heterocycles. The molecule has 1 amide bonds. The zero-order valence-corrected chi connectivity index (χ0v) is 12.2. The van der Waals surface area contributed by atoms with E-state index in [9.17, 15) is 18.0 Å². The van der Waals surface area contributed by atoms with E-state index >= 15 is 0 Å². The van der Waals surface area contributed by atoms with Crippen molar-refractivity contribution in [2.45, 2.75) is 38.8 Å². The number of hydrogen-bond donors (Lipinski definition) is 0. The number of rotatable bonds is 2. The van der Waals surface area contributed by atoms with Crippen molar-refractivity contribution in [2.75, 3.05) is 11.9 Å². The first kappa shape index (κ1) is 15.8. The third-order valence-electron chi connectivity index (χ3n) is 4.03. The van der Waals surface area contributed by atoms with Crippen LogP contribution in [-0.4, -0.2) is 24.1 Å². The summed E-state index contributed by atoms with van der Waals surface area (Å²) in [6.07, 6.45) is -3.24. The highest BCUT2D eigenvalue weighted by atomic mass is 19.4. The molecule has 0 spiro atoms. The second kappa shape index (κ2) is 6.03. The molecule has 0 radical (unpaired) electrons. The molecule has 21 heavy (non-hydrogen) atoms. The normalized spacial score (nSPS) is 22.9. The summed E-state index contributed by atoms with van der Waals surface area (Å²) in [7, 11) is 1.57. The van der Waals surface area contributed by atoms with E-state index < -0.39 is 18.0 Å². The minimum absolute atomic E-state index is 0.113. The number of nitrogens with zero attached hydrogens (tertiary/aromatic N) is 2. The zero-order chi connectivity index (χ0) is 15.6. The Balaban J connectivity index is 2.09. The second-order valence-corrected chi connectivity index (χ2v) is 5.64. The van der Waals surface area contributed by atoms with Crippen LogP contribution in [0.1, 0.15) is 31.4 Å². The fraction of sp³-hybridized carbons (Fsp3) is 0.600. The van der Waals surface area contributed by atoms with Gasteiger partial charge in [0.15, 0.2) is 0 Å². The van der Waals surface area contributed by atoms with Crippen molar-refractivity contribution in [3.63, 3.8) is 0 Å². The number of hydrogen-bond acceptors (Lipinski definition) is 2. The van der Waals surface area contributed by atoms with Gasteiger partial charge in [-0.15, -0.1) is 0 Å². The molecule has 1 heterocycles. The van der Waals surface area contributed by atoms with Gasteiger partial charge in [-0.2, -0.15) is 13.2 Å². The van der Waals surface area contributed by atoms with Crippen molar-refractivity contribution >= 4 is 11.7 Å². The van der Waals surface area contributed by atoms with Crippen LogP contribution in [0.4, 0.5) is 19.0 Å². The third kappa shape index (κ3) is 3.74. The van der Waals surface area contributed by atoms with Crippen LogP contribution in [0.2, 0.25) is 0 Å². The van der Waals surface area contributed by atoms with E-state index in [1.165, 1.54) is 4.90 Å². The number of aromatic nitrogens is 1. The van der Waals surface area contributed by atoms with Gasteiger partial charge in [0.1, 0.15) is 5.82 Å². The minimum Gasteiger partial charge on any atom is -0.300 e. The van der Waals surface area contributed by atoms with Crippen LogP contribution in [0.15, 0.2) is 18.2 Å². The van der Waals surface area contributed by atoms with Crippen molar-refractivity contribution in [1.29, 1.82) is 0 Å². The summed E-state index contributed by atoms with van der Waals surface area (Å²) < 4.78 is 38.5. The predicted molar refractivity (Wildman–Crippen MR) is 73.9 cm³/mol. The summed E-state index contributed by atoms with van der Waals surface area (Å²) in [6, 6.07) is 5.28. The first-order valence-electron chi connectivity index (χ1n) is 7.07. The fourth-order valence-electron chi connectivity index (χ4n) is 2.81. The van der Waals surface area contributed by atoms with Gasteiger partial charge in [0.2, 0.25) is 5.91 Å². The van der Waals surface area contributed by atoms with Gasteiger partial charge in [0, 0.05) is 18.7 Å². The maximum Gasteiger partial charge on any atom is 0.391 e. The van der Waals surface area contributed by atoms with Gasteiger partial charge in [0.25, 0.3) is 0 Å². The van der Waals surface area contributed by atoms with E-state index in [1.54, 1.807) is 19.2 Å². The number of carbonyl (C=O) groups excluding carboxylic acids is 1. The summed E-state index contributed by atoms with van der Waals surface area (Å²) in [5.41, 5.74) is 0.768. The summed E-state index contributed by atoms with van der Waals surface area (Å²) in [5, 5.41) is 0. The highest BCUT2D eigenvalue weighted by molar-refractivity contribution is 5.93. The average Bonchev–Trinajstić information content (AvgIpc) is 2.45. The highest BCUT2D eigenvalue weighted by Crippen LogP contribution is 2.40. The van der Waals surface area contributed by atoms with Gasteiger partial charge in [-0.05, 0) is 38.3 Å². The van der Waals surface area contributed by atoms with Gasteiger partial charge in [0.05, 0.1) is 5.92 Å². The molecule has 1 fully saturated rings. The summed E-state index contributed by atoms with van der Waals surface area (Å²) >= 11 is 0. The molecule has 1 saturated carbocycles. The van der Waals surface area contributed by atoms with Gasteiger partial charge in [-0.1, -0.05) is 12.5 Å². The fourth-order valence-corrected chi connectivity index (χ4v) is 2.81. The van der Waals surface area contributed by atoms with Crippen LogP contribution in [0.25, 0.3) is 0 Å². The maximum atomic E-state index is 12.8. The van der Waals surface area contributed by atoms with Crippen LogP contribution >= 0.6 is 0 Å². The Morgan fingerprint density at radius 3 is 2.67 bits per heavy atom. The Hall–Kier alpha value is -1.59. The Morgan fingerprint density at radius 1 is 1.33 bits per heavy atom. The lowest BCUT2D eigenvalue weighted by Gasteiger charge is -2.31. The van der Waals surface area contributed by atoms with Crippen molar-refractivity contribution in [3.8, 4) is 0 Å². The molecule has 0 aromatic carbocycles. The van der Waals surface area contributed by atoms with Crippen LogP contribution < -0.4 is 4.90 Å². The summed E-state index contributed by atoms with van der Waals surface area (Å²) in [4.78, 5) is 18.0. The molecule has 2 atom stereocenters. The monoisotopic (exact) mass is 300 g/mol. The van der Waals surface area contributed by atoms with Crippen molar-refractivity contribution < 1.29 is 18.0 Å². The molecule has 1 aromatic rings. The largest absolute Gasteiger partial charge is 0.391 e. The standard InChI is InChI=1S/C15H19F3N2O/c1-10-5-3-8-13(19-10)20(2)14(21)11-6-4-7-12(9-11)15(16,17)18/h3,5,8,11-12H,4,6-7,9H2,1-2H3/t11-,12-/m0/s1. The van der Waals surface area contributed by atoms with E-state index in [0.29, 0.717) is 18.7 Å². The molecule has 0 unspecified atom stereocenters. The molecule has 0 bridgehead atoms. The van der Waals surface area contributed by atoms with Crippen LogP contribution in [0, 0.1) is 18.8 Å². The predicted octanol–water partition coefficient (Wildman–Crippen LogP) is 3.72. The van der Waals surface area contributed by atoms with Crippen molar-refractivity contribution in [3.05, 3.63) is 23.9 Å². The lowest BCUT2D eigenvalue weighted by molar-refractivity contribution is -0.186. The number of amides is 1. The Morgan fingerprint density at radius 2 is 2.05 bits per heavy atom. The third-order valence-corrected chi connectivity index (χ3v) is 4.03. The summed E-state index contributed by atoms with van der Waals surface area (Å²) in [5.74, 6) is -1.73. The molecule has 116 valence electrons. The van der Waals surface area contributed by atoms with Crippen molar-refractivity contribution in [1.82, 2.24) is 4.98 Å². The van der Waals surface area contributed by atoms with E-state index in [0.717, 1.165) is 5.69 Å². The van der Waals surface area contributed by atoms with Crippen LogP contribution in [0.5, 0.6) is 0 Å². The molecule has 3 nitrogen and oxygen atoms in total. The van der Waals surface area contributed by atoms with Gasteiger partial charge in [-0.25, -0.2) is 4.98 Å². The number of alkyl halides is 3. The Labute approximate surface area is 122 Å². The minimum atomic E-state index is -4.21. The number of pyridine rings is 1. The number of halogens is 3. The number of aryl methyl sites for hydroxylation is 1. The average molecular weight is 300 g/mol. The quantitative estimate of drug-likeness (QED) is 0.834. The first-order chi connectivity index (χ1) is 9.79. The van der Waals surface area contributed by atoms with E-state index in [-0.39, 0.29) is 18.7 Å². The molecule has 6 heteroatoms. The smallest absolute Gasteiger partial charge is 0.300 e. The SMILES string of the molecule is Cc1cccc(N(C)C(=O)[C@H]2CCC[C@H](C(F)(F)F)C2)n1. The van der Waals surface area contributed by atoms with E-state index in [4.69, 9.17) is 0 Å². The van der Waals surface area contributed by atoms with E-state index in [2.05, 4.69) is 4.98 Å². The lowest BCUT2D eigenvalue weighted by Crippen LogP contribution is -2.38. The van der Waals surface area contributed by atoms with Crippen LogP contribution in [-0.2, 0) is 4.79 Å². The zero-order valence-electron chi connectivity index (χ0n) is 12.2. The molecule has 0 saturated heterocycles. The first-order valence-corrected chi connectivity index (χ1v) is 7.07. The lowest BCUT2D eigenvalue weighted by atomic mass is 9.80. The maximum absolute atomic E-state index is 12.8. The number of carbonyl (C=O) groups is 1. The Bertz CT molecular complexity index is 516. The van der Waals surface area contributed by atoms with E-state index in [1.807, 2.05) is 13.0 Å². The molecular formula is C15H19F3N2O. The molecule has 1 aromatic heterocycles. The highest BCUT2D eigenvalue weighted by Gasteiger charge is 2.44. The molecule has 1 aliphatic carbocycles. The topological polar surface area (TPSA) is 33.2 Å². The molecule has 0 N–H and O–H groups in total. The second-order valence-electron chi connectivity index (χ2n) is 5.64. The van der Waals surface area contributed by atoms with Gasteiger partial charge < -0.3 is 0 Å². The summed E-state index contributed by atoms with van der Waals surface area (Å²) in [6.45, 7) is 1.81. The van der Waals surface area contributed by atoms with Gasteiger partial charge in [-0.3, -0.25) is 9.69 Å². The van der Waals surface area contributed by atoms with Crippen LogP contribution in [0.3, 0.4) is 0 Å². The molecule has 2 rings (SSSR count). The molecule has 1 aliphatic rings. The van der Waals surface area contributed by atoms with Crippen molar-refractivity contribution in [2.24, 2.45) is 11.8 Å².